The number of nitrogens with two attached hydrogens (primary N) is 1. The van der Waals surface area contributed by atoms with E-state index in [0.29, 0.717) is 24.2 Å². The van der Waals surface area contributed by atoms with Gasteiger partial charge < -0.3 is 20.3 Å². The highest BCUT2D eigenvalue weighted by Gasteiger charge is 2.28. The average molecular weight is 400 g/mol. The van der Waals surface area contributed by atoms with Crippen LogP contribution in [0.4, 0.5) is 11.6 Å². The number of hydrogen-bond acceptors (Lipinski definition) is 9. The van der Waals surface area contributed by atoms with Gasteiger partial charge in [0.15, 0.2) is 11.2 Å². The number of aliphatic hydroxyl groups is 1. The van der Waals surface area contributed by atoms with Gasteiger partial charge in [-0.15, -0.1) is 0 Å². The smallest absolute Gasteiger partial charge is 0.269 e. The number of rotatable bonds is 7. The molecule has 3 aromatic rings. The molecule has 29 heavy (non-hydrogen) atoms. The van der Waals surface area contributed by atoms with Crippen molar-refractivity contribution in [3.63, 3.8) is 0 Å². The van der Waals surface area contributed by atoms with Crippen LogP contribution in [0.2, 0.25) is 0 Å². The lowest BCUT2D eigenvalue weighted by atomic mass is 10.1. The number of aromatic nitrogens is 4. The number of ether oxygens (including phenoxy) is 2. The fourth-order valence-electron chi connectivity index (χ4n) is 3.29. The van der Waals surface area contributed by atoms with Crippen molar-refractivity contribution in [2.24, 2.45) is 0 Å². The number of nitrogens with zero attached hydrogens (tertiary/aromatic N) is 5. The number of imidazole rings is 1. The largest absolute Gasteiger partial charge is 0.476 e. The topological polar surface area (TPSA) is 151 Å². The first-order chi connectivity index (χ1) is 14.0. The fourth-order valence-corrected chi connectivity index (χ4v) is 3.29. The highest BCUT2D eigenvalue weighted by atomic mass is 16.6. The summed E-state index contributed by atoms with van der Waals surface area (Å²) < 4.78 is 13.3. The minimum atomic E-state index is -0.437. The van der Waals surface area contributed by atoms with E-state index in [0.717, 1.165) is 18.4 Å². The van der Waals surface area contributed by atoms with Gasteiger partial charge in [-0.05, 0) is 18.4 Å². The molecule has 3 N–H and O–H groups in total. The van der Waals surface area contributed by atoms with Crippen molar-refractivity contribution >= 4 is 22.8 Å². The number of anilines is 1. The van der Waals surface area contributed by atoms with Crippen LogP contribution in [-0.2, 0) is 11.2 Å². The highest BCUT2D eigenvalue weighted by Crippen LogP contribution is 2.32. The molecule has 152 valence electrons. The van der Waals surface area contributed by atoms with Crippen LogP contribution in [0.15, 0.2) is 30.6 Å². The first-order valence-electron chi connectivity index (χ1n) is 9.17. The Morgan fingerprint density at radius 3 is 2.79 bits per heavy atom. The summed E-state index contributed by atoms with van der Waals surface area (Å²) >= 11 is 0. The number of benzene rings is 1. The minimum absolute atomic E-state index is 0.0305. The summed E-state index contributed by atoms with van der Waals surface area (Å²) in [6.07, 6.45) is 3.14. The summed E-state index contributed by atoms with van der Waals surface area (Å²) in [4.78, 5) is 23.0. The molecule has 0 bridgehead atoms. The molecule has 2 aromatic heterocycles. The monoisotopic (exact) mass is 400 g/mol. The summed E-state index contributed by atoms with van der Waals surface area (Å²) in [5.74, 6) is 0.325. The van der Waals surface area contributed by atoms with Gasteiger partial charge in [0.05, 0.1) is 30.6 Å². The van der Waals surface area contributed by atoms with Crippen LogP contribution in [0, 0.1) is 10.1 Å². The number of fused-ring (bicyclic) bond motifs is 1. The van der Waals surface area contributed by atoms with Crippen molar-refractivity contribution < 1.29 is 19.5 Å². The van der Waals surface area contributed by atoms with E-state index in [2.05, 4.69) is 15.0 Å². The zero-order valence-corrected chi connectivity index (χ0v) is 15.5. The summed E-state index contributed by atoms with van der Waals surface area (Å²) in [5, 5.41) is 20.0. The van der Waals surface area contributed by atoms with Crippen molar-refractivity contribution in [1.82, 2.24) is 19.5 Å². The summed E-state index contributed by atoms with van der Waals surface area (Å²) in [7, 11) is 0. The summed E-state index contributed by atoms with van der Waals surface area (Å²) in [5.41, 5.74) is 7.76. The van der Waals surface area contributed by atoms with Crippen molar-refractivity contribution in [2.45, 2.75) is 31.6 Å². The molecule has 0 saturated carbocycles. The Labute approximate surface area is 165 Å². The van der Waals surface area contributed by atoms with Gasteiger partial charge in [0.1, 0.15) is 6.23 Å². The summed E-state index contributed by atoms with van der Waals surface area (Å²) in [6, 6.07) is 6.29. The molecule has 1 fully saturated rings. The van der Waals surface area contributed by atoms with E-state index in [1.54, 1.807) is 23.0 Å². The Morgan fingerprint density at radius 1 is 1.31 bits per heavy atom. The zero-order chi connectivity index (χ0) is 20.4. The lowest BCUT2D eigenvalue weighted by molar-refractivity contribution is -0.384. The second-order valence-corrected chi connectivity index (χ2v) is 6.71. The van der Waals surface area contributed by atoms with Gasteiger partial charge in [0.2, 0.25) is 11.8 Å². The highest BCUT2D eigenvalue weighted by molar-refractivity contribution is 5.77. The average Bonchev–Trinajstić information content (AvgIpc) is 3.34. The molecule has 1 saturated heterocycles. The third-order valence-corrected chi connectivity index (χ3v) is 4.78. The van der Waals surface area contributed by atoms with Crippen LogP contribution in [0.3, 0.4) is 0 Å². The molecular weight excluding hydrogens is 380 g/mol. The SMILES string of the molecule is Nc1nc(OCCc2ccc([N+](=O)[O-])cc2)c2ncn(C3CCC(CO)O3)c2n1. The van der Waals surface area contributed by atoms with Crippen molar-refractivity contribution in [1.29, 1.82) is 0 Å². The quantitative estimate of drug-likeness (QED) is 0.445. The van der Waals surface area contributed by atoms with Gasteiger partial charge in [0.25, 0.3) is 5.69 Å². The van der Waals surface area contributed by atoms with Gasteiger partial charge in [-0.2, -0.15) is 9.97 Å². The van der Waals surface area contributed by atoms with Crippen LogP contribution in [-0.4, -0.2) is 48.9 Å². The Kier molecular flexibility index (Phi) is 5.23. The third kappa shape index (κ3) is 3.96. The van der Waals surface area contributed by atoms with Crippen LogP contribution < -0.4 is 10.5 Å². The molecule has 11 nitrogen and oxygen atoms in total. The molecule has 0 radical (unpaired) electrons. The Bertz CT molecular complexity index is 1020. The van der Waals surface area contributed by atoms with Gasteiger partial charge >= 0.3 is 0 Å². The molecule has 1 aliphatic heterocycles. The predicted molar refractivity (Wildman–Crippen MR) is 102 cm³/mol. The normalized spacial score (nSPS) is 18.9. The first-order valence-corrected chi connectivity index (χ1v) is 9.17. The van der Waals surface area contributed by atoms with Crippen LogP contribution in [0.25, 0.3) is 11.2 Å². The van der Waals surface area contributed by atoms with Crippen molar-refractivity contribution in [3.05, 3.63) is 46.3 Å². The second-order valence-electron chi connectivity index (χ2n) is 6.71. The van der Waals surface area contributed by atoms with Crippen molar-refractivity contribution in [3.8, 4) is 5.88 Å². The maximum absolute atomic E-state index is 10.7. The number of hydrogen-bond donors (Lipinski definition) is 2. The van der Waals surface area contributed by atoms with E-state index >= 15 is 0 Å². The Hall–Kier alpha value is -3.31. The lowest BCUT2D eigenvalue weighted by Crippen LogP contribution is -2.14. The van der Waals surface area contributed by atoms with E-state index in [9.17, 15) is 15.2 Å². The van der Waals surface area contributed by atoms with Crippen LogP contribution in [0.1, 0.15) is 24.6 Å². The Morgan fingerprint density at radius 2 is 2.10 bits per heavy atom. The van der Waals surface area contributed by atoms with E-state index in [-0.39, 0.29) is 36.5 Å². The summed E-state index contributed by atoms with van der Waals surface area (Å²) in [6.45, 7) is 0.264. The number of nitro groups is 1. The number of nitro benzene ring substituents is 1. The maximum atomic E-state index is 10.7. The van der Waals surface area contributed by atoms with E-state index in [1.165, 1.54) is 12.1 Å². The molecular formula is C18H20N6O5. The molecule has 0 spiro atoms. The molecule has 0 amide bonds. The van der Waals surface area contributed by atoms with E-state index in [4.69, 9.17) is 15.2 Å². The molecule has 1 aliphatic rings. The molecule has 2 unspecified atom stereocenters. The van der Waals surface area contributed by atoms with Crippen LogP contribution >= 0.6 is 0 Å². The molecule has 0 aliphatic carbocycles. The fraction of sp³-hybridized carbons (Fsp3) is 0.389. The van der Waals surface area contributed by atoms with Gasteiger partial charge in [-0.1, -0.05) is 12.1 Å². The van der Waals surface area contributed by atoms with Gasteiger partial charge in [-0.3, -0.25) is 14.7 Å². The molecule has 3 heterocycles. The molecule has 4 rings (SSSR count). The van der Waals surface area contributed by atoms with Gasteiger partial charge in [0, 0.05) is 18.6 Å². The minimum Gasteiger partial charge on any atom is -0.476 e. The zero-order valence-electron chi connectivity index (χ0n) is 15.5. The standard InChI is InChI=1S/C18H20N6O5/c19-18-21-16-15(20-10-23(16)14-6-5-13(9-25)29-14)17(22-18)28-8-7-11-1-3-12(4-2-11)24(26)27/h1-4,10,13-14,25H,5-9H2,(H2,19,21,22). The van der Waals surface area contributed by atoms with Gasteiger partial charge in [-0.25, -0.2) is 4.98 Å². The third-order valence-electron chi connectivity index (χ3n) is 4.78. The lowest BCUT2D eigenvalue weighted by Gasteiger charge is -2.14. The number of nitrogen functional groups attached to an aromatic ring is 1. The molecule has 1 aromatic carbocycles. The molecule has 11 heteroatoms. The first kappa shape index (κ1) is 19.0. The molecule has 2 atom stereocenters. The van der Waals surface area contributed by atoms with E-state index < -0.39 is 4.92 Å². The predicted octanol–water partition coefficient (Wildman–Crippen LogP) is 1.61. The maximum Gasteiger partial charge on any atom is 0.269 e. The number of aliphatic hydroxyl groups excluding tert-OH is 1. The Balaban J connectivity index is 1.48. The second kappa shape index (κ2) is 7.97. The van der Waals surface area contributed by atoms with Crippen molar-refractivity contribution in [2.75, 3.05) is 18.9 Å². The van der Waals surface area contributed by atoms with Crippen LogP contribution in [0.5, 0.6) is 5.88 Å². The van der Waals surface area contributed by atoms with E-state index in [1.807, 2.05) is 0 Å². The number of non-ortho nitro benzene ring substituents is 1.